The van der Waals surface area contributed by atoms with E-state index in [0.29, 0.717) is 0 Å². The number of nitrogens with one attached hydrogen (secondary N) is 1. The van der Waals surface area contributed by atoms with Crippen LogP contribution in [0.5, 0.6) is 0 Å². The SMILES string of the molecule is CCC(C)NC(=O)N1CCN(CCCOC)CC1. The van der Waals surface area contributed by atoms with Gasteiger partial charge in [-0.15, -0.1) is 0 Å². The largest absolute Gasteiger partial charge is 0.385 e. The Morgan fingerprint density at radius 2 is 2.00 bits per heavy atom. The highest BCUT2D eigenvalue weighted by atomic mass is 16.5. The van der Waals surface area contributed by atoms with Crippen molar-refractivity contribution in [3.8, 4) is 0 Å². The minimum absolute atomic E-state index is 0.0842. The fourth-order valence-electron chi connectivity index (χ4n) is 2.01. The lowest BCUT2D eigenvalue weighted by atomic mass is 10.2. The van der Waals surface area contributed by atoms with Gasteiger partial charge in [0.15, 0.2) is 0 Å². The topological polar surface area (TPSA) is 44.8 Å². The second-order valence-corrected chi connectivity index (χ2v) is 4.93. The highest BCUT2D eigenvalue weighted by molar-refractivity contribution is 5.74. The molecule has 1 N–H and O–H groups in total. The van der Waals surface area contributed by atoms with E-state index in [2.05, 4.69) is 17.1 Å². The molecule has 1 heterocycles. The maximum Gasteiger partial charge on any atom is 0.317 e. The zero-order chi connectivity index (χ0) is 13.4. The lowest BCUT2D eigenvalue weighted by molar-refractivity contribution is 0.124. The molecular formula is C13H27N3O2. The molecule has 1 aliphatic heterocycles. The van der Waals surface area contributed by atoms with E-state index in [9.17, 15) is 4.79 Å². The van der Waals surface area contributed by atoms with Crippen LogP contribution in [0.2, 0.25) is 0 Å². The number of urea groups is 1. The molecule has 0 aromatic rings. The summed E-state index contributed by atoms with van der Waals surface area (Å²) in [5.41, 5.74) is 0. The molecule has 2 amide bonds. The van der Waals surface area contributed by atoms with Gasteiger partial charge in [-0.25, -0.2) is 4.79 Å². The van der Waals surface area contributed by atoms with E-state index in [1.807, 2.05) is 11.8 Å². The van der Waals surface area contributed by atoms with Crippen LogP contribution >= 0.6 is 0 Å². The summed E-state index contributed by atoms with van der Waals surface area (Å²) in [5, 5.41) is 3.01. The Morgan fingerprint density at radius 1 is 1.33 bits per heavy atom. The lowest BCUT2D eigenvalue weighted by Crippen LogP contribution is -2.53. The Hall–Kier alpha value is -0.810. The molecule has 1 aliphatic rings. The third-order valence-electron chi connectivity index (χ3n) is 3.46. The zero-order valence-electron chi connectivity index (χ0n) is 11.9. The number of ether oxygens (including phenoxy) is 1. The summed E-state index contributed by atoms with van der Waals surface area (Å²) in [6.07, 6.45) is 2.04. The first-order valence-electron chi connectivity index (χ1n) is 6.94. The third-order valence-corrected chi connectivity index (χ3v) is 3.46. The van der Waals surface area contributed by atoms with Crippen molar-refractivity contribution in [2.75, 3.05) is 46.4 Å². The lowest BCUT2D eigenvalue weighted by Gasteiger charge is -2.35. The molecule has 0 aromatic heterocycles. The third kappa shape index (κ3) is 5.23. The van der Waals surface area contributed by atoms with Crippen LogP contribution in [0.3, 0.4) is 0 Å². The molecule has 0 spiro atoms. The summed E-state index contributed by atoms with van der Waals surface area (Å²) in [5.74, 6) is 0. The molecule has 0 radical (unpaired) electrons. The van der Waals surface area contributed by atoms with Gasteiger partial charge < -0.3 is 15.0 Å². The van der Waals surface area contributed by atoms with Crippen molar-refractivity contribution in [1.82, 2.24) is 15.1 Å². The normalized spacial score (nSPS) is 18.7. The monoisotopic (exact) mass is 257 g/mol. The standard InChI is InChI=1S/C13H27N3O2/c1-4-12(2)14-13(17)16-9-7-15(8-10-16)6-5-11-18-3/h12H,4-11H2,1-3H3,(H,14,17). The summed E-state index contributed by atoms with van der Waals surface area (Å²) in [6.45, 7) is 9.60. The van der Waals surface area contributed by atoms with Gasteiger partial charge in [-0.2, -0.15) is 0 Å². The number of hydrogen-bond donors (Lipinski definition) is 1. The second-order valence-electron chi connectivity index (χ2n) is 4.93. The minimum atomic E-state index is 0.0842. The Balaban J connectivity index is 2.20. The predicted molar refractivity (Wildman–Crippen MR) is 72.8 cm³/mol. The van der Waals surface area contributed by atoms with Gasteiger partial charge in [0.1, 0.15) is 0 Å². The van der Waals surface area contributed by atoms with E-state index < -0.39 is 0 Å². The van der Waals surface area contributed by atoms with E-state index in [1.165, 1.54) is 0 Å². The second kappa shape index (κ2) is 8.32. The van der Waals surface area contributed by atoms with Gasteiger partial charge in [-0.3, -0.25) is 4.90 Å². The first kappa shape index (κ1) is 15.2. The first-order chi connectivity index (χ1) is 8.67. The molecule has 5 nitrogen and oxygen atoms in total. The molecule has 5 heteroatoms. The molecule has 1 atom stereocenters. The van der Waals surface area contributed by atoms with Crippen molar-refractivity contribution in [3.05, 3.63) is 0 Å². The molecule has 1 fully saturated rings. The molecule has 106 valence electrons. The van der Waals surface area contributed by atoms with Crippen molar-refractivity contribution in [3.63, 3.8) is 0 Å². The van der Waals surface area contributed by atoms with Crippen LogP contribution in [0, 0.1) is 0 Å². The first-order valence-corrected chi connectivity index (χ1v) is 6.94. The fourth-order valence-corrected chi connectivity index (χ4v) is 2.01. The predicted octanol–water partition coefficient (Wildman–Crippen LogP) is 1.15. The van der Waals surface area contributed by atoms with Gasteiger partial charge in [0.25, 0.3) is 0 Å². The zero-order valence-corrected chi connectivity index (χ0v) is 11.9. The number of nitrogens with zero attached hydrogens (tertiary/aromatic N) is 2. The summed E-state index contributed by atoms with van der Waals surface area (Å²) in [4.78, 5) is 16.2. The molecule has 0 aromatic carbocycles. The van der Waals surface area contributed by atoms with Crippen LogP contribution in [-0.2, 0) is 4.74 Å². The fraction of sp³-hybridized carbons (Fsp3) is 0.923. The molecule has 0 aliphatic carbocycles. The highest BCUT2D eigenvalue weighted by Gasteiger charge is 2.21. The van der Waals surface area contributed by atoms with Crippen LogP contribution in [-0.4, -0.2) is 68.3 Å². The van der Waals surface area contributed by atoms with Crippen molar-refractivity contribution < 1.29 is 9.53 Å². The number of hydrogen-bond acceptors (Lipinski definition) is 3. The average Bonchev–Trinajstić information content (AvgIpc) is 2.39. The molecule has 1 unspecified atom stereocenters. The number of carbonyl (C=O) groups is 1. The number of rotatable bonds is 6. The smallest absolute Gasteiger partial charge is 0.317 e. The van der Waals surface area contributed by atoms with E-state index in [0.717, 1.165) is 52.2 Å². The van der Waals surface area contributed by atoms with Crippen LogP contribution in [0.4, 0.5) is 4.79 Å². The van der Waals surface area contributed by atoms with E-state index >= 15 is 0 Å². The summed E-state index contributed by atoms with van der Waals surface area (Å²) < 4.78 is 5.05. The van der Waals surface area contributed by atoms with Gasteiger partial charge in [-0.05, 0) is 19.8 Å². The maximum atomic E-state index is 11.9. The van der Waals surface area contributed by atoms with Crippen molar-refractivity contribution >= 4 is 6.03 Å². The summed E-state index contributed by atoms with van der Waals surface area (Å²) >= 11 is 0. The van der Waals surface area contributed by atoms with E-state index in [4.69, 9.17) is 4.74 Å². The molecule has 18 heavy (non-hydrogen) atoms. The van der Waals surface area contributed by atoms with Crippen molar-refractivity contribution in [2.45, 2.75) is 32.7 Å². The number of carbonyl (C=O) groups excluding carboxylic acids is 1. The number of methoxy groups -OCH3 is 1. The minimum Gasteiger partial charge on any atom is -0.385 e. The highest BCUT2D eigenvalue weighted by Crippen LogP contribution is 2.03. The summed E-state index contributed by atoms with van der Waals surface area (Å²) in [7, 11) is 1.73. The van der Waals surface area contributed by atoms with Crippen LogP contribution < -0.4 is 5.32 Å². The van der Waals surface area contributed by atoms with Gasteiger partial charge in [0, 0.05) is 52.5 Å². The Morgan fingerprint density at radius 3 is 2.56 bits per heavy atom. The molecule has 0 bridgehead atoms. The molecule has 0 saturated carbocycles. The number of amides is 2. The molecule has 1 saturated heterocycles. The van der Waals surface area contributed by atoms with E-state index in [-0.39, 0.29) is 12.1 Å². The number of piperazine rings is 1. The van der Waals surface area contributed by atoms with Crippen molar-refractivity contribution in [1.29, 1.82) is 0 Å². The Kier molecular flexibility index (Phi) is 7.05. The quantitative estimate of drug-likeness (QED) is 0.726. The summed E-state index contributed by atoms with van der Waals surface area (Å²) in [6, 6.07) is 0.345. The van der Waals surface area contributed by atoms with Crippen LogP contribution in [0.15, 0.2) is 0 Å². The van der Waals surface area contributed by atoms with Gasteiger partial charge >= 0.3 is 6.03 Å². The Labute approximate surface area is 110 Å². The molecular weight excluding hydrogens is 230 g/mol. The van der Waals surface area contributed by atoms with E-state index in [1.54, 1.807) is 7.11 Å². The van der Waals surface area contributed by atoms with Gasteiger partial charge in [0.2, 0.25) is 0 Å². The van der Waals surface area contributed by atoms with Crippen molar-refractivity contribution in [2.24, 2.45) is 0 Å². The van der Waals surface area contributed by atoms with Gasteiger partial charge in [0.05, 0.1) is 0 Å². The van der Waals surface area contributed by atoms with Crippen LogP contribution in [0.1, 0.15) is 26.7 Å². The van der Waals surface area contributed by atoms with Crippen LogP contribution in [0.25, 0.3) is 0 Å². The van der Waals surface area contributed by atoms with Gasteiger partial charge in [-0.1, -0.05) is 6.92 Å². The average molecular weight is 257 g/mol. The Bertz CT molecular complexity index is 240. The maximum absolute atomic E-state index is 11.9. The molecule has 1 rings (SSSR count).